The molecule has 0 atom stereocenters. The van der Waals surface area contributed by atoms with Crippen molar-refractivity contribution in [2.24, 2.45) is 5.10 Å². The molecule has 1 aromatic heterocycles. The van der Waals surface area contributed by atoms with E-state index in [1.54, 1.807) is 13.3 Å². The van der Waals surface area contributed by atoms with Crippen molar-refractivity contribution in [3.8, 4) is 11.5 Å². The van der Waals surface area contributed by atoms with Crippen LogP contribution in [-0.4, -0.2) is 24.9 Å². The normalized spacial score (nSPS) is 11.0. The Hall–Kier alpha value is -3.08. The molecule has 128 valence electrons. The third-order valence-electron chi connectivity index (χ3n) is 3.71. The zero-order chi connectivity index (χ0) is 17.6. The molecule has 0 amide bonds. The molecule has 1 heterocycles. The first kappa shape index (κ1) is 16.8. The van der Waals surface area contributed by atoms with Crippen LogP contribution in [0, 0.1) is 6.92 Å². The van der Waals surface area contributed by atoms with E-state index in [0.717, 1.165) is 39.3 Å². The Morgan fingerprint density at radius 1 is 1.12 bits per heavy atom. The Balaban J connectivity index is 1.86. The fraction of sp³-hybridized carbons (Fsp3) is 0.200. The fourth-order valence-electron chi connectivity index (χ4n) is 2.59. The lowest BCUT2D eigenvalue weighted by Gasteiger charge is -2.09. The molecule has 5 nitrogen and oxygen atoms in total. The Labute approximate surface area is 147 Å². The van der Waals surface area contributed by atoms with Gasteiger partial charge in [-0.05, 0) is 49.7 Å². The first-order valence-electron chi connectivity index (χ1n) is 8.17. The van der Waals surface area contributed by atoms with Gasteiger partial charge < -0.3 is 9.47 Å². The van der Waals surface area contributed by atoms with Crippen LogP contribution in [0.2, 0.25) is 0 Å². The summed E-state index contributed by atoms with van der Waals surface area (Å²) < 4.78 is 10.8. The van der Waals surface area contributed by atoms with Crippen molar-refractivity contribution < 1.29 is 9.47 Å². The largest absolute Gasteiger partial charge is 0.497 e. The number of hydrazone groups is 1. The van der Waals surface area contributed by atoms with Crippen molar-refractivity contribution in [2.75, 3.05) is 19.1 Å². The molecule has 5 heteroatoms. The quantitative estimate of drug-likeness (QED) is 0.536. The van der Waals surface area contributed by atoms with Gasteiger partial charge in [0, 0.05) is 17.1 Å². The number of hydrogen-bond acceptors (Lipinski definition) is 5. The number of aromatic nitrogens is 1. The van der Waals surface area contributed by atoms with Gasteiger partial charge >= 0.3 is 0 Å². The van der Waals surface area contributed by atoms with Crippen molar-refractivity contribution in [1.82, 2.24) is 4.98 Å². The Kier molecular flexibility index (Phi) is 5.14. The van der Waals surface area contributed by atoms with Gasteiger partial charge in [0.25, 0.3) is 0 Å². The maximum Gasteiger partial charge on any atom is 0.121 e. The minimum Gasteiger partial charge on any atom is -0.497 e. The van der Waals surface area contributed by atoms with E-state index >= 15 is 0 Å². The second kappa shape index (κ2) is 7.66. The number of benzene rings is 2. The molecule has 1 N–H and O–H groups in total. The summed E-state index contributed by atoms with van der Waals surface area (Å²) in [6.45, 7) is 4.56. The van der Waals surface area contributed by atoms with E-state index in [9.17, 15) is 0 Å². The van der Waals surface area contributed by atoms with Gasteiger partial charge in [-0.1, -0.05) is 12.1 Å². The summed E-state index contributed by atoms with van der Waals surface area (Å²) in [6, 6.07) is 15.6. The molecule has 0 radical (unpaired) electrons. The minimum atomic E-state index is 0.632. The molecular formula is C20H21N3O2. The highest BCUT2D eigenvalue weighted by Gasteiger charge is 2.05. The monoisotopic (exact) mass is 335 g/mol. The summed E-state index contributed by atoms with van der Waals surface area (Å²) >= 11 is 0. The molecule has 0 bridgehead atoms. The average molecular weight is 335 g/mol. The van der Waals surface area contributed by atoms with Crippen molar-refractivity contribution in [3.63, 3.8) is 0 Å². The molecule has 0 unspecified atom stereocenters. The Morgan fingerprint density at radius 2 is 2.00 bits per heavy atom. The van der Waals surface area contributed by atoms with Crippen LogP contribution in [0.4, 0.5) is 5.69 Å². The number of rotatable bonds is 6. The Morgan fingerprint density at radius 3 is 2.80 bits per heavy atom. The van der Waals surface area contributed by atoms with E-state index in [1.807, 2.05) is 62.4 Å². The van der Waals surface area contributed by atoms with Crippen LogP contribution >= 0.6 is 0 Å². The average Bonchev–Trinajstić information content (AvgIpc) is 2.61. The van der Waals surface area contributed by atoms with Crippen LogP contribution in [0.15, 0.2) is 53.6 Å². The summed E-state index contributed by atoms with van der Waals surface area (Å²) in [5.74, 6) is 1.62. The molecule has 25 heavy (non-hydrogen) atoms. The molecule has 0 saturated carbocycles. The highest BCUT2D eigenvalue weighted by molar-refractivity contribution is 5.92. The molecule has 0 aliphatic heterocycles. The fourth-order valence-corrected chi connectivity index (χ4v) is 2.59. The predicted molar refractivity (Wildman–Crippen MR) is 102 cm³/mol. The van der Waals surface area contributed by atoms with Gasteiger partial charge in [0.1, 0.15) is 11.5 Å². The van der Waals surface area contributed by atoms with Gasteiger partial charge in [0.15, 0.2) is 0 Å². The van der Waals surface area contributed by atoms with Crippen molar-refractivity contribution >= 4 is 22.8 Å². The smallest absolute Gasteiger partial charge is 0.121 e. The number of aryl methyl sites for hydroxylation is 1. The van der Waals surface area contributed by atoms with Crippen LogP contribution in [-0.2, 0) is 0 Å². The third-order valence-corrected chi connectivity index (χ3v) is 3.71. The molecule has 0 aliphatic carbocycles. The molecule has 0 fully saturated rings. The second-order valence-corrected chi connectivity index (χ2v) is 5.57. The van der Waals surface area contributed by atoms with E-state index in [4.69, 9.17) is 9.47 Å². The molecule has 0 saturated heterocycles. The number of pyridine rings is 1. The first-order valence-corrected chi connectivity index (χ1v) is 8.17. The minimum absolute atomic E-state index is 0.632. The SMILES string of the molecule is CCOc1ccc2c(NN=Cc3cccc(OC)c3)cc(C)nc2c1. The van der Waals surface area contributed by atoms with Gasteiger partial charge in [0.2, 0.25) is 0 Å². The number of anilines is 1. The van der Waals surface area contributed by atoms with E-state index < -0.39 is 0 Å². The van der Waals surface area contributed by atoms with Gasteiger partial charge in [-0.15, -0.1) is 0 Å². The summed E-state index contributed by atoms with van der Waals surface area (Å²) in [4.78, 5) is 4.58. The third kappa shape index (κ3) is 4.07. The first-order chi connectivity index (χ1) is 12.2. The van der Waals surface area contributed by atoms with E-state index in [-0.39, 0.29) is 0 Å². The standard InChI is InChI=1S/C20H21N3O2/c1-4-25-17-8-9-18-19(12-17)22-14(2)10-20(18)23-21-13-15-6-5-7-16(11-15)24-3/h5-13H,4H2,1-3H3,(H,22,23). The Bertz CT molecular complexity index is 907. The predicted octanol–water partition coefficient (Wildman–Crippen LogP) is 4.40. The molecule has 0 spiro atoms. The zero-order valence-electron chi connectivity index (χ0n) is 14.6. The highest BCUT2D eigenvalue weighted by Crippen LogP contribution is 2.27. The number of nitrogens with zero attached hydrogens (tertiary/aromatic N) is 2. The van der Waals surface area contributed by atoms with Crippen molar-refractivity contribution in [2.45, 2.75) is 13.8 Å². The lowest BCUT2D eigenvalue weighted by Crippen LogP contribution is -1.96. The number of nitrogens with one attached hydrogen (secondary N) is 1. The number of ether oxygens (including phenoxy) is 2. The van der Waals surface area contributed by atoms with E-state index in [0.29, 0.717) is 6.61 Å². The van der Waals surface area contributed by atoms with Crippen LogP contribution < -0.4 is 14.9 Å². The van der Waals surface area contributed by atoms with E-state index in [1.165, 1.54) is 0 Å². The summed E-state index contributed by atoms with van der Waals surface area (Å²) in [7, 11) is 1.65. The van der Waals surface area contributed by atoms with Crippen LogP contribution in [0.1, 0.15) is 18.2 Å². The van der Waals surface area contributed by atoms with Crippen molar-refractivity contribution in [1.29, 1.82) is 0 Å². The van der Waals surface area contributed by atoms with Gasteiger partial charge in [-0.25, -0.2) is 0 Å². The maximum atomic E-state index is 5.55. The van der Waals surface area contributed by atoms with Crippen LogP contribution in [0.3, 0.4) is 0 Å². The second-order valence-electron chi connectivity index (χ2n) is 5.57. The van der Waals surface area contributed by atoms with Crippen LogP contribution in [0.5, 0.6) is 11.5 Å². The summed E-state index contributed by atoms with van der Waals surface area (Å²) in [5, 5.41) is 5.34. The molecule has 2 aromatic carbocycles. The number of fused-ring (bicyclic) bond motifs is 1. The lowest BCUT2D eigenvalue weighted by molar-refractivity contribution is 0.340. The molecular weight excluding hydrogens is 314 g/mol. The summed E-state index contributed by atoms with van der Waals surface area (Å²) in [5.41, 5.74) is 6.78. The van der Waals surface area contributed by atoms with Gasteiger partial charge in [0.05, 0.1) is 31.1 Å². The maximum absolute atomic E-state index is 5.55. The highest BCUT2D eigenvalue weighted by atomic mass is 16.5. The number of hydrogen-bond donors (Lipinski definition) is 1. The van der Waals surface area contributed by atoms with E-state index in [2.05, 4.69) is 15.5 Å². The van der Waals surface area contributed by atoms with Gasteiger partial charge in [-0.3, -0.25) is 10.4 Å². The molecule has 3 rings (SSSR count). The molecule has 0 aliphatic rings. The van der Waals surface area contributed by atoms with Crippen molar-refractivity contribution in [3.05, 3.63) is 59.8 Å². The molecule has 3 aromatic rings. The topological polar surface area (TPSA) is 55.7 Å². The van der Waals surface area contributed by atoms with Crippen LogP contribution in [0.25, 0.3) is 10.9 Å². The summed E-state index contributed by atoms with van der Waals surface area (Å²) in [6.07, 6.45) is 1.76. The van der Waals surface area contributed by atoms with Gasteiger partial charge in [-0.2, -0.15) is 5.10 Å². The number of methoxy groups -OCH3 is 1. The lowest BCUT2D eigenvalue weighted by atomic mass is 10.1. The zero-order valence-corrected chi connectivity index (χ0v) is 14.6.